The van der Waals surface area contributed by atoms with Crippen LogP contribution in [0.2, 0.25) is 5.02 Å². The zero-order chi connectivity index (χ0) is 14.0. The predicted molar refractivity (Wildman–Crippen MR) is 84.7 cm³/mol. The quantitative estimate of drug-likeness (QED) is 0.785. The molecule has 2 aromatic rings. The van der Waals surface area contributed by atoms with Crippen molar-refractivity contribution in [3.63, 3.8) is 0 Å². The molecule has 0 radical (unpaired) electrons. The van der Waals surface area contributed by atoms with Gasteiger partial charge in [-0.15, -0.1) is 0 Å². The third-order valence-corrected chi connectivity index (χ3v) is 3.63. The molecule has 0 amide bonds. The smallest absolute Gasteiger partial charge is 0.143 e. The van der Waals surface area contributed by atoms with E-state index in [1.807, 2.05) is 12.1 Å². The maximum Gasteiger partial charge on any atom is 0.143 e. The van der Waals surface area contributed by atoms with Gasteiger partial charge < -0.3 is 11.1 Å². The van der Waals surface area contributed by atoms with Crippen LogP contribution in [-0.2, 0) is 0 Å². The summed E-state index contributed by atoms with van der Waals surface area (Å²) in [7, 11) is 0. The van der Waals surface area contributed by atoms with E-state index in [4.69, 9.17) is 29.6 Å². The third-order valence-electron chi connectivity index (χ3n) is 2.44. The number of rotatable bonds is 3. The molecule has 2 nitrogen and oxygen atoms in total. The highest BCUT2D eigenvalue weighted by Crippen LogP contribution is 2.26. The summed E-state index contributed by atoms with van der Waals surface area (Å²) in [6.45, 7) is 0. The monoisotopic (exact) mass is 358 g/mol. The molecule has 0 saturated heterocycles. The molecule has 19 heavy (non-hydrogen) atoms. The van der Waals surface area contributed by atoms with Crippen LogP contribution < -0.4 is 11.1 Å². The van der Waals surface area contributed by atoms with E-state index in [1.165, 1.54) is 12.1 Å². The Bertz CT molecular complexity index is 649. The highest BCUT2D eigenvalue weighted by molar-refractivity contribution is 9.10. The van der Waals surface area contributed by atoms with Gasteiger partial charge >= 0.3 is 0 Å². The standard InChI is InChI=1S/C13H9BrClFN2S/c14-10-5-7(1-3-9(10)13(17)19)18-8-2-4-11(15)12(16)6-8/h1-6,18H,(H2,17,19). The lowest BCUT2D eigenvalue weighted by molar-refractivity contribution is 0.629. The van der Waals surface area contributed by atoms with Crippen molar-refractivity contribution in [3.8, 4) is 0 Å². The van der Waals surface area contributed by atoms with Crippen LogP contribution in [0.3, 0.4) is 0 Å². The summed E-state index contributed by atoms with van der Waals surface area (Å²) < 4.78 is 14.1. The fraction of sp³-hybridized carbons (Fsp3) is 0. The second-order valence-corrected chi connectivity index (χ2v) is 5.51. The SMILES string of the molecule is NC(=S)c1ccc(Nc2ccc(Cl)c(F)c2)cc1Br. The van der Waals surface area contributed by atoms with Crippen molar-refractivity contribution in [2.45, 2.75) is 0 Å². The molecule has 0 spiro atoms. The van der Waals surface area contributed by atoms with Crippen LogP contribution in [-0.4, -0.2) is 4.99 Å². The number of thiocarbonyl (C=S) groups is 1. The average molecular weight is 360 g/mol. The van der Waals surface area contributed by atoms with Gasteiger partial charge in [0.2, 0.25) is 0 Å². The van der Waals surface area contributed by atoms with Crippen molar-refractivity contribution in [3.05, 3.63) is 57.3 Å². The molecule has 6 heteroatoms. The molecule has 2 rings (SSSR count). The number of hydrogen-bond donors (Lipinski definition) is 2. The molecule has 0 aliphatic carbocycles. The first-order chi connectivity index (χ1) is 8.97. The predicted octanol–water partition coefficient (Wildman–Crippen LogP) is 4.62. The first-order valence-electron chi connectivity index (χ1n) is 5.29. The molecule has 0 aromatic heterocycles. The second kappa shape index (κ2) is 5.86. The van der Waals surface area contributed by atoms with Crippen LogP contribution in [0.25, 0.3) is 0 Å². The third kappa shape index (κ3) is 3.43. The number of benzene rings is 2. The van der Waals surface area contributed by atoms with E-state index in [9.17, 15) is 4.39 Å². The molecule has 0 aliphatic heterocycles. The summed E-state index contributed by atoms with van der Waals surface area (Å²) in [5.74, 6) is -0.467. The highest BCUT2D eigenvalue weighted by atomic mass is 79.9. The van der Waals surface area contributed by atoms with Gasteiger partial charge in [-0.1, -0.05) is 23.8 Å². The number of nitrogens with two attached hydrogens (primary N) is 1. The lowest BCUT2D eigenvalue weighted by Gasteiger charge is -2.09. The van der Waals surface area contributed by atoms with Crippen molar-refractivity contribution in [2.75, 3.05) is 5.32 Å². The van der Waals surface area contributed by atoms with Crippen molar-refractivity contribution < 1.29 is 4.39 Å². The first kappa shape index (κ1) is 14.2. The minimum atomic E-state index is -0.467. The van der Waals surface area contributed by atoms with E-state index in [1.54, 1.807) is 12.1 Å². The van der Waals surface area contributed by atoms with Crippen LogP contribution in [0.15, 0.2) is 40.9 Å². The molecule has 0 fully saturated rings. The lowest BCUT2D eigenvalue weighted by atomic mass is 10.2. The van der Waals surface area contributed by atoms with Crippen LogP contribution >= 0.6 is 39.7 Å². The van der Waals surface area contributed by atoms with E-state index in [0.29, 0.717) is 10.7 Å². The van der Waals surface area contributed by atoms with Crippen molar-refractivity contribution in [2.24, 2.45) is 5.73 Å². The Balaban J connectivity index is 2.26. The number of anilines is 2. The Labute approximate surface area is 128 Å². The van der Waals surface area contributed by atoms with Crippen LogP contribution in [0.1, 0.15) is 5.56 Å². The molecule has 0 aliphatic rings. The fourth-order valence-corrected chi connectivity index (χ4v) is 2.55. The van der Waals surface area contributed by atoms with Gasteiger partial charge in [-0.25, -0.2) is 4.39 Å². The Morgan fingerprint density at radius 3 is 2.42 bits per heavy atom. The molecule has 0 saturated carbocycles. The summed E-state index contributed by atoms with van der Waals surface area (Å²) in [6, 6.07) is 9.95. The van der Waals surface area contributed by atoms with Gasteiger partial charge in [0.25, 0.3) is 0 Å². The summed E-state index contributed by atoms with van der Waals surface area (Å²) in [6.07, 6.45) is 0. The average Bonchev–Trinajstić information content (AvgIpc) is 2.33. The largest absolute Gasteiger partial charge is 0.389 e. The topological polar surface area (TPSA) is 38.0 Å². The number of halogens is 3. The van der Waals surface area contributed by atoms with Gasteiger partial charge in [-0.3, -0.25) is 0 Å². The van der Waals surface area contributed by atoms with Gasteiger partial charge in [-0.05, 0) is 52.3 Å². The molecule has 0 unspecified atom stereocenters. The van der Waals surface area contributed by atoms with Crippen molar-refractivity contribution in [1.29, 1.82) is 0 Å². The lowest BCUT2D eigenvalue weighted by Crippen LogP contribution is -2.10. The normalized spacial score (nSPS) is 10.3. The Morgan fingerprint density at radius 2 is 1.84 bits per heavy atom. The molecule has 3 N–H and O–H groups in total. The zero-order valence-corrected chi connectivity index (χ0v) is 12.7. The number of hydrogen-bond acceptors (Lipinski definition) is 2. The Kier molecular flexibility index (Phi) is 4.39. The van der Waals surface area contributed by atoms with E-state index >= 15 is 0 Å². The zero-order valence-electron chi connectivity index (χ0n) is 9.58. The Hall–Kier alpha value is -1.17. The minimum Gasteiger partial charge on any atom is -0.389 e. The highest BCUT2D eigenvalue weighted by Gasteiger charge is 2.05. The molecule has 0 heterocycles. The van der Waals surface area contributed by atoms with Gasteiger partial charge in [0.05, 0.1) is 5.02 Å². The molecule has 2 aromatic carbocycles. The summed E-state index contributed by atoms with van der Waals surface area (Å²) in [4.78, 5) is 0.316. The summed E-state index contributed by atoms with van der Waals surface area (Å²) >= 11 is 13.9. The Morgan fingerprint density at radius 1 is 1.21 bits per heavy atom. The molecule has 98 valence electrons. The maximum atomic E-state index is 13.3. The van der Waals surface area contributed by atoms with Gasteiger partial charge in [-0.2, -0.15) is 0 Å². The second-order valence-electron chi connectivity index (χ2n) is 3.81. The van der Waals surface area contributed by atoms with Crippen molar-refractivity contribution in [1.82, 2.24) is 0 Å². The number of nitrogens with one attached hydrogen (secondary N) is 1. The van der Waals surface area contributed by atoms with Crippen LogP contribution in [0.4, 0.5) is 15.8 Å². The minimum absolute atomic E-state index is 0.0931. The van der Waals surface area contributed by atoms with Crippen molar-refractivity contribution >= 4 is 56.1 Å². The maximum absolute atomic E-state index is 13.3. The van der Waals surface area contributed by atoms with E-state index in [-0.39, 0.29) is 5.02 Å². The van der Waals surface area contributed by atoms with E-state index in [0.717, 1.165) is 15.7 Å². The molecule has 0 atom stereocenters. The van der Waals surface area contributed by atoms with Crippen LogP contribution in [0.5, 0.6) is 0 Å². The summed E-state index contributed by atoms with van der Waals surface area (Å²) in [5, 5.41) is 3.16. The fourth-order valence-electron chi connectivity index (χ4n) is 1.53. The van der Waals surface area contributed by atoms with Gasteiger partial charge in [0.1, 0.15) is 10.8 Å². The van der Waals surface area contributed by atoms with Gasteiger partial charge in [0, 0.05) is 21.4 Å². The van der Waals surface area contributed by atoms with Gasteiger partial charge in [0.15, 0.2) is 0 Å². The summed E-state index contributed by atoms with van der Waals surface area (Å²) in [5.41, 5.74) is 7.72. The van der Waals surface area contributed by atoms with E-state index < -0.39 is 5.82 Å². The van der Waals surface area contributed by atoms with E-state index in [2.05, 4.69) is 21.2 Å². The molecular weight excluding hydrogens is 351 g/mol. The molecular formula is C13H9BrClFN2S. The first-order valence-corrected chi connectivity index (χ1v) is 6.87. The van der Waals surface area contributed by atoms with Crippen LogP contribution in [0, 0.1) is 5.82 Å². The molecule has 0 bridgehead atoms.